The number of aromatic nitrogens is 2. The van der Waals surface area contributed by atoms with Gasteiger partial charge in [-0.2, -0.15) is 20.9 Å². The van der Waals surface area contributed by atoms with Gasteiger partial charge in [0.2, 0.25) is 0 Å². The Bertz CT molecular complexity index is 533. The van der Waals surface area contributed by atoms with Crippen molar-refractivity contribution in [1.29, 1.82) is 0 Å². The van der Waals surface area contributed by atoms with Crippen LogP contribution in [-0.2, 0) is 0 Å². The molecule has 1 aliphatic carbocycles. The van der Waals surface area contributed by atoms with Crippen LogP contribution >= 0.6 is 23.1 Å². The van der Waals surface area contributed by atoms with Crippen LogP contribution in [0.25, 0.3) is 0 Å². The molecule has 1 fully saturated rings. The van der Waals surface area contributed by atoms with Gasteiger partial charge in [-0.25, -0.2) is 0 Å². The maximum atomic E-state index is 11.9. The number of hydrogen-bond acceptors (Lipinski definition) is 3. The van der Waals surface area contributed by atoms with Crippen LogP contribution in [0.5, 0.6) is 0 Å². The predicted molar refractivity (Wildman–Crippen MR) is 67.5 cm³/mol. The molecule has 0 bridgehead atoms. The highest BCUT2D eigenvalue weighted by atomic mass is 35.5. The molecule has 17 heavy (non-hydrogen) atoms. The molecule has 88 valence electrons. The summed E-state index contributed by atoms with van der Waals surface area (Å²) in [6.07, 6.45) is 2.37. The number of rotatable bonds is 3. The zero-order chi connectivity index (χ0) is 11.8. The molecule has 6 heteroatoms. The van der Waals surface area contributed by atoms with E-state index in [4.69, 9.17) is 11.8 Å². The number of thiophene rings is 1. The van der Waals surface area contributed by atoms with E-state index in [-0.39, 0.29) is 5.91 Å². The maximum Gasteiger partial charge on any atom is 0.275 e. The molecule has 3 rings (SSSR count). The molecule has 0 spiro atoms. The first kappa shape index (κ1) is 10.8. The molecule has 1 saturated carbocycles. The van der Waals surface area contributed by atoms with Crippen molar-refractivity contribution in [3.05, 3.63) is 34.2 Å². The first-order valence-corrected chi connectivity index (χ1v) is 6.61. The van der Waals surface area contributed by atoms with Crippen molar-refractivity contribution in [3.8, 4) is 0 Å². The molecule has 0 aromatic carbocycles. The van der Waals surface area contributed by atoms with Gasteiger partial charge in [-0.1, -0.05) is 0 Å². The second-order valence-electron chi connectivity index (χ2n) is 4.05. The second-order valence-corrected chi connectivity index (χ2v) is 5.17. The lowest BCUT2D eigenvalue weighted by Gasteiger charge is -2.08. The first-order chi connectivity index (χ1) is 8.25. The van der Waals surface area contributed by atoms with Crippen molar-refractivity contribution in [3.63, 3.8) is 0 Å². The zero-order valence-corrected chi connectivity index (χ0v) is 10.5. The molecule has 0 radical (unpaired) electrons. The summed E-state index contributed by atoms with van der Waals surface area (Å²) >= 11 is 7.46. The molecular weight excluding hydrogens is 258 g/mol. The summed E-state index contributed by atoms with van der Waals surface area (Å²) < 4.78 is 1.06. The van der Waals surface area contributed by atoms with E-state index in [1.54, 1.807) is 11.4 Å². The highest BCUT2D eigenvalue weighted by molar-refractivity contribution is 7.08. The zero-order valence-electron chi connectivity index (χ0n) is 8.89. The summed E-state index contributed by atoms with van der Waals surface area (Å²) in [6, 6.07) is 3.59. The van der Waals surface area contributed by atoms with Crippen molar-refractivity contribution >= 4 is 34.8 Å². The van der Waals surface area contributed by atoms with Crippen LogP contribution in [-0.4, -0.2) is 16.1 Å². The van der Waals surface area contributed by atoms with Gasteiger partial charge in [0, 0.05) is 34.8 Å². The highest BCUT2D eigenvalue weighted by Gasteiger charge is 2.27. The number of aromatic amines is 1. The van der Waals surface area contributed by atoms with E-state index in [1.807, 2.05) is 11.4 Å². The summed E-state index contributed by atoms with van der Waals surface area (Å²) in [5.41, 5.74) is 1.64. The van der Waals surface area contributed by atoms with Gasteiger partial charge in [0.05, 0.1) is 5.56 Å². The molecule has 2 aromatic heterocycles. The quantitative estimate of drug-likeness (QED) is 0.869. The van der Waals surface area contributed by atoms with E-state index >= 15 is 0 Å². The fraction of sp³-hybridized carbons (Fsp3) is 0.273. The number of carbonyl (C=O) groups excluding carboxylic acids is 1. The number of halogens is 1. The number of hydrogen-bond donors (Lipinski definition) is 1. The lowest BCUT2D eigenvalue weighted by atomic mass is 10.3. The monoisotopic (exact) mass is 267 g/mol. The third-order valence-corrected chi connectivity index (χ3v) is 3.76. The minimum Gasteiger partial charge on any atom is -0.280 e. The van der Waals surface area contributed by atoms with Crippen molar-refractivity contribution in [2.75, 3.05) is 4.42 Å². The summed E-state index contributed by atoms with van der Waals surface area (Å²) in [5.74, 6) is 0.782. The van der Waals surface area contributed by atoms with Crippen molar-refractivity contribution < 1.29 is 4.79 Å². The molecule has 0 aliphatic heterocycles. The first-order valence-electron chi connectivity index (χ1n) is 5.33. The molecule has 2 aromatic rings. The molecule has 1 N–H and O–H groups in total. The fourth-order valence-corrected chi connectivity index (χ4v) is 2.45. The van der Waals surface area contributed by atoms with Crippen LogP contribution in [0.2, 0.25) is 0 Å². The lowest BCUT2D eigenvalue weighted by molar-refractivity contribution is 0.101. The second kappa shape index (κ2) is 4.16. The van der Waals surface area contributed by atoms with E-state index in [0.29, 0.717) is 17.3 Å². The normalized spacial score (nSPS) is 14.9. The van der Waals surface area contributed by atoms with Gasteiger partial charge in [0.1, 0.15) is 0 Å². The van der Waals surface area contributed by atoms with Gasteiger partial charge >= 0.3 is 0 Å². The average molecular weight is 268 g/mol. The Morgan fingerprint density at radius 3 is 3.06 bits per heavy atom. The number of H-pyrrole nitrogens is 1. The van der Waals surface area contributed by atoms with E-state index in [9.17, 15) is 4.79 Å². The summed E-state index contributed by atoms with van der Waals surface area (Å²) in [5, 5.41) is 10.6. The van der Waals surface area contributed by atoms with E-state index < -0.39 is 0 Å². The van der Waals surface area contributed by atoms with E-state index in [1.165, 1.54) is 24.2 Å². The van der Waals surface area contributed by atoms with Gasteiger partial charge in [-0.05, 0) is 24.3 Å². The molecule has 2 heterocycles. The summed E-state index contributed by atoms with van der Waals surface area (Å²) in [6.45, 7) is 0. The third kappa shape index (κ3) is 2.08. The van der Waals surface area contributed by atoms with Crippen LogP contribution in [0.1, 0.15) is 34.8 Å². The van der Waals surface area contributed by atoms with E-state index in [0.717, 1.165) is 10.1 Å². The maximum absolute atomic E-state index is 11.9. The van der Waals surface area contributed by atoms with Gasteiger partial charge in [0.25, 0.3) is 5.91 Å². The molecule has 0 atom stereocenters. The third-order valence-electron chi connectivity index (χ3n) is 2.75. The molecule has 0 saturated heterocycles. The van der Waals surface area contributed by atoms with Crippen molar-refractivity contribution in [1.82, 2.24) is 10.2 Å². The Balaban J connectivity index is 1.80. The average Bonchev–Trinajstić information content (AvgIpc) is 2.87. The van der Waals surface area contributed by atoms with Crippen molar-refractivity contribution in [2.24, 2.45) is 0 Å². The van der Waals surface area contributed by atoms with Crippen molar-refractivity contribution in [2.45, 2.75) is 18.8 Å². The SMILES string of the molecule is O=C(c1ccsc1)N(Cl)c1cc(C2CC2)[nH]n1. The summed E-state index contributed by atoms with van der Waals surface area (Å²) in [7, 11) is 0. The topological polar surface area (TPSA) is 49.0 Å². The van der Waals surface area contributed by atoms with Crippen LogP contribution in [0.4, 0.5) is 5.82 Å². The number of nitrogens with one attached hydrogen (secondary N) is 1. The lowest BCUT2D eigenvalue weighted by Crippen LogP contribution is -2.20. The molecule has 1 amide bonds. The van der Waals surface area contributed by atoms with Gasteiger partial charge in [0.15, 0.2) is 5.82 Å². The minimum atomic E-state index is -0.248. The van der Waals surface area contributed by atoms with Crippen LogP contribution in [0, 0.1) is 0 Å². The van der Waals surface area contributed by atoms with Crippen LogP contribution in [0.15, 0.2) is 22.9 Å². The molecule has 1 aliphatic rings. The Morgan fingerprint density at radius 1 is 1.59 bits per heavy atom. The van der Waals surface area contributed by atoms with Gasteiger partial charge in [-0.15, -0.1) is 0 Å². The van der Waals surface area contributed by atoms with Gasteiger partial charge < -0.3 is 0 Å². The smallest absolute Gasteiger partial charge is 0.275 e. The Morgan fingerprint density at radius 2 is 2.41 bits per heavy atom. The van der Waals surface area contributed by atoms with Crippen LogP contribution < -0.4 is 4.42 Å². The fourth-order valence-electron chi connectivity index (χ4n) is 1.63. The number of anilines is 1. The molecule has 4 nitrogen and oxygen atoms in total. The number of nitrogens with zero attached hydrogens (tertiary/aromatic N) is 2. The Labute approximate surface area is 107 Å². The highest BCUT2D eigenvalue weighted by Crippen LogP contribution is 2.40. The molecule has 0 unspecified atom stereocenters. The standard InChI is InChI=1S/C11H10ClN3OS/c12-15(11(16)8-3-4-17-6-8)10-5-9(13-14-10)7-1-2-7/h3-7H,1-2H2,(H,13,14). The predicted octanol–water partition coefficient (Wildman–Crippen LogP) is 3.15. The van der Waals surface area contributed by atoms with E-state index in [2.05, 4.69) is 10.2 Å². The Hall–Kier alpha value is -1.33. The largest absolute Gasteiger partial charge is 0.280 e. The van der Waals surface area contributed by atoms with Crippen LogP contribution in [0.3, 0.4) is 0 Å². The minimum absolute atomic E-state index is 0.248. The van der Waals surface area contributed by atoms with Gasteiger partial charge in [-0.3, -0.25) is 9.89 Å². The summed E-state index contributed by atoms with van der Waals surface area (Å²) in [4.78, 5) is 11.9. The number of amides is 1. The number of carbonyl (C=O) groups is 1. The Kier molecular flexibility index (Phi) is 2.64. The molecular formula is C11H10ClN3OS.